The molecule has 1 atom stereocenters. The van der Waals surface area contributed by atoms with E-state index in [0.717, 1.165) is 6.42 Å². The van der Waals surface area contributed by atoms with Crippen molar-refractivity contribution in [3.8, 4) is 0 Å². The Bertz CT molecular complexity index is 313. The van der Waals surface area contributed by atoms with Gasteiger partial charge in [-0.3, -0.25) is 0 Å². The van der Waals surface area contributed by atoms with Crippen molar-refractivity contribution in [3.05, 3.63) is 0 Å². The van der Waals surface area contributed by atoms with Gasteiger partial charge in [0.1, 0.15) is 5.78 Å². The van der Waals surface area contributed by atoms with E-state index in [-0.39, 0.29) is 0 Å². The van der Waals surface area contributed by atoms with E-state index in [2.05, 4.69) is 27.7 Å². The van der Waals surface area contributed by atoms with Gasteiger partial charge in [-0.1, -0.05) is 124 Å². The molecule has 156 valence electrons. The fourth-order valence-corrected chi connectivity index (χ4v) is 3.86. The Kier molecular flexibility index (Phi) is 16.6. The Hall–Kier alpha value is -0.330. The summed E-state index contributed by atoms with van der Waals surface area (Å²) in [6.45, 7) is 11.0. The molecule has 0 aliphatic carbocycles. The average molecular weight is 367 g/mol. The molecule has 0 fully saturated rings. The van der Waals surface area contributed by atoms with Crippen molar-refractivity contribution >= 4 is 5.78 Å². The fourth-order valence-electron chi connectivity index (χ4n) is 3.86. The van der Waals surface area contributed by atoms with Gasteiger partial charge in [-0.15, -0.1) is 0 Å². The molecule has 0 unspecified atom stereocenters. The number of rotatable bonds is 18. The van der Waals surface area contributed by atoms with Gasteiger partial charge in [-0.05, 0) is 24.7 Å². The maximum atomic E-state index is 11.0. The van der Waals surface area contributed by atoms with Crippen molar-refractivity contribution in [3.63, 3.8) is 0 Å². The van der Waals surface area contributed by atoms with E-state index < -0.39 is 0 Å². The van der Waals surface area contributed by atoms with Gasteiger partial charge >= 0.3 is 0 Å². The molecule has 0 aromatic carbocycles. The van der Waals surface area contributed by atoms with Crippen LogP contribution in [0.4, 0.5) is 0 Å². The van der Waals surface area contributed by atoms with Gasteiger partial charge < -0.3 is 4.79 Å². The Morgan fingerprint density at radius 3 is 1.35 bits per heavy atom. The lowest BCUT2D eigenvalue weighted by molar-refractivity contribution is -0.117. The standard InChI is InChI=1S/C25H50O/c1-23(22-24(2)26)20-18-16-14-12-10-8-6-7-9-11-13-15-17-19-21-25(3,4)5/h23H,6-22H2,1-5H3/t23-/m0/s1. The van der Waals surface area contributed by atoms with Crippen LogP contribution in [0.1, 0.15) is 144 Å². The van der Waals surface area contributed by atoms with Crippen molar-refractivity contribution in [2.24, 2.45) is 11.3 Å². The van der Waals surface area contributed by atoms with Crippen molar-refractivity contribution in [2.45, 2.75) is 144 Å². The molecule has 0 aliphatic heterocycles. The van der Waals surface area contributed by atoms with Crippen molar-refractivity contribution in [2.75, 3.05) is 0 Å². The predicted octanol–water partition coefficient (Wildman–Crippen LogP) is 8.89. The molecule has 0 aliphatic rings. The van der Waals surface area contributed by atoms with Crippen LogP contribution in [0.25, 0.3) is 0 Å². The summed E-state index contributed by atoms with van der Waals surface area (Å²) >= 11 is 0. The third kappa shape index (κ3) is 21.7. The SMILES string of the molecule is CC(=O)C[C@@H](C)CCCCCCCCCCCCCCCCC(C)(C)C. The maximum Gasteiger partial charge on any atom is 0.130 e. The zero-order valence-corrected chi connectivity index (χ0v) is 19.0. The number of unbranched alkanes of at least 4 members (excludes halogenated alkanes) is 13. The predicted molar refractivity (Wildman–Crippen MR) is 118 cm³/mol. The van der Waals surface area contributed by atoms with Gasteiger partial charge in [-0.2, -0.15) is 0 Å². The summed E-state index contributed by atoms with van der Waals surface area (Å²) in [5.41, 5.74) is 0.522. The van der Waals surface area contributed by atoms with E-state index in [1.54, 1.807) is 6.92 Å². The summed E-state index contributed by atoms with van der Waals surface area (Å²) in [6, 6.07) is 0. The molecule has 0 aromatic heterocycles. The normalized spacial score (nSPS) is 13.1. The number of ketones is 1. The van der Waals surface area contributed by atoms with E-state index in [9.17, 15) is 4.79 Å². The van der Waals surface area contributed by atoms with Crippen LogP contribution in [-0.4, -0.2) is 5.78 Å². The Morgan fingerprint density at radius 1 is 0.654 bits per heavy atom. The zero-order chi connectivity index (χ0) is 19.7. The molecule has 0 N–H and O–H groups in total. The highest BCUT2D eigenvalue weighted by Gasteiger charge is 2.08. The molecule has 0 bridgehead atoms. The molecular formula is C25H50O. The fraction of sp³-hybridized carbons (Fsp3) is 0.960. The topological polar surface area (TPSA) is 17.1 Å². The number of hydrogen-bond acceptors (Lipinski definition) is 1. The maximum absolute atomic E-state index is 11.0. The number of hydrogen-bond donors (Lipinski definition) is 0. The van der Waals surface area contributed by atoms with Gasteiger partial charge in [-0.25, -0.2) is 0 Å². The van der Waals surface area contributed by atoms with E-state index in [1.165, 1.54) is 103 Å². The second-order valence-corrected chi connectivity index (χ2v) is 10.1. The van der Waals surface area contributed by atoms with Crippen molar-refractivity contribution in [1.82, 2.24) is 0 Å². The summed E-state index contributed by atoms with van der Waals surface area (Å²) in [7, 11) is 0. The molecular weight excluding hydrogens is 316 g/mol. The number of carbonyl (C=O) groups excluding carboxylic acids is 1. The van der Waals surface area contributed by atoms with E-state index in [1.807, 2.05) is 0 Å². The quantitative estimate of drug-likeness (QED) is 0.221. The van der Waals surface area contributed by atoms with E-state index >= 15 is 0 Å². The van der Waals surface area contributed by atoms with Crippen LogP contribution in [0.5, 0.6) is 0 Å². The highest BCUT2D eigenvalue weighted by Crippen LogP contribution is 2.22. The first-order chi connectivity index (χ1) is 12.3. The number of carbonyl (C=O) groups is 1. The number of Topliss-reactive ketones (excluding diaryl/α,β-unsaturated/α-hetero) is 1. The lowest BCUT2D eigenvalue weighted by Gasteiger charge is -2.17. The second kappa shape index (κ2) is 16.8. The zero-order valence-electron chi connectivity index (χ0n) is 19.0. The first-order valence-corrected chi connectivity index (χ1v) is 11.8. The molecule has 0 spiro atoms. The van der Waals surface area contributed by atoms with Gasteiger partial charge in [0.15, 0.2) is 0 Å². The minimum atomic E-state index is 0.345. The third-order valence-electron chi connectivity index (χ3n) is 5.51. The van der Waals surface area contributed by atoms with Crippen LogP contribution < -0.4 is 0 Å². The Balaban J connectivity index is 3.12. The van der Waals surface area contributed by atoms with Crippen LogP contribution >= 0.6 is 0 Å². The van der Waals surface area contributed by atoms with Crippen molar-refractivity contribution < 1.29 is 4.79 Å². The molecule has 0 aromatic rings. The molecule has 0 rings (SSSR count). The average Bonchev–Trinajstić information content (AvgIpc) is 2.52. The van der Waals surface area contributed by atoms with Crippen molar-refractivity contribution in [1.29, 1.82) is 0 Å². The molecule has 1 nitrogen and oxygen atoms in total. The Labute approximate surface area is 166 Å². The first-order valence-electron chi connectivity index (χ1n) is 11.8. The lowest BCUT2D eigenvalue weighted by atomic mass is 9.89. The van der Waals surface area contributed by atoms with Crippen LogP contribution in [0, 0.1) is 11.3 Å². The molecule has 1 heteroatoms. The van der Waals surface area contributed by atoms with Gasteiger partial charge in [0.2, 0.25) is 0 Å². The van der Waals surface area contributed by atoms with Crippen LogP contribution in [0.15, 0.2) is 0 Å². The van der Waals surface area contributed by atoms with Gasteiger partial charge in [0.05, 0.1) is 0 Å². The summed E-state index contributed by atoms with van der Waals surface area (Å²) < 4.78 is 0. The van der Waals surface area contributed by atoms with E-state index in [0.29, 0.717) is 17.1 Å². The van der Waals surface area contributed by atoms with Gasteiger partial charge in [0, 0.05) is 6.42 Å². The first kappa shape index (κ1) is 25.7. The summed E-state index contributed by atoms with van der Waals surface area (Å²) in [5, 5.41) is 0. The lowest BCUT2D eigenvalue weighted by Crippen LogP contribution is -2.03. The highest BCUT2D eigenvalue weighted by molar-refractivity contribution is 5.75. The van der Waals surface area contributed by atoms with Crippen LogP contribution in [0.3, 0.4) is 0 Å². The largest absolute Gasteiger partial charge is 0.300 e. The minimum Gasteiger partial charge on any atom is -0.300 e. The molecule has 0 heterocycles. The smallest absolute Gasteiger partial charge is 0.130 e. The minimum absolute atomic E-state index is 0.345. The van der Waals surface area contributed by atoms with E-state index in [4.69, 9.17) is 0 Å². The monoisotopic (exact) mass is 366 g/mol. The van der Waals surface area contributed by atoms with Gasteiger partial charge in [0.25, 0.3) is 0 Å². The van der Waals surface area contributed by atoms with Crippen LogP contribution in [0.2, 0.25) is 0 Å². The third-order valence-corrected chi connectivity index (χ3v) is 5.51. The summed E-state index contributed by atoms with van der Waals surface area (Å²) in [4.78, 5) is 11.0. The molecule has 0 saturated heterocycles. The Morgan fingerprint density at radius 2 is 1.00 bits per heavy atom. The second-order valence-electron chi connectivity index (χ2n) is 10.1. The van der Waals surface area contributed by atoms with Crippen LogP contribution in [-0.2, 0) is 4.79 Å². The summed E-state index contributed by atoms with van der Waals surface area (Å²) in [6.07, 6.45) is 23.3. The molecule has 0 saturated carbocycles. The molecule has 0 amide bonds. The molecule has 26 heavy (non-hydrogen) atoms. The highest BCUT2D eigenvalue weighted by atomic mass is 16.1. The summed E-state index contributed by atoms with van der Waals surface area (Å²) in [5.74, 6) is 0.934. The molecule has 0 radical (unpaired) electrons.